The van der Waals surface area contributed by atoms with E-state index in [4.69, 9.17) is 19.4 Å². The second-order valence-electron chi connectivity index (χ2n) is 13.2. The molecule has 0 aliphatic rings. The minimum Gasteiger partial charge on any atom is -0.455 e. The van der Waals surface area contributed by atoms with Crippen molar-refractivity contribution >= 4 is 65.3 Å². The molecule has 5 heteroatoms. The first-order valence-electron chi connectivity index (χ1n) is 17.5. The molecule has 0 atom stereocenters. The lowest BCUT2D eigenvalue weighted by Gasteiger charge is -2.12. The molecule has 0 spiro atoms. The summed E-state index contributed by atoms with van der Waals surface area (Å²) < 4.78 is 8.83. The van der Waals surface area contributed by atoms with Crippen molar-refractivity contribution in [1.29, 1.82) is 0 Å². The van der Waals surface area contributed by atoms with E-state index in [-0.39, 0.29) is 0 Å². The van der Waals surface area contributed by atoms with Gasteiger partial charge in [0.25, 0.3) is 0 Å². The number of nitrogens with zero attached hydrogens (tertiary/aromatic N) is 4. The fraction of sp³-hybridized carbons (Fsp3) is 0. The minimum absolute atomic E-state index is 0.564. The van der Waals surface area contributed by atoms with Crippen LogP contribution in [0.1, 0.15) is 0 Å². The Balaban J connectivity index is 1.20. The number of hydrogen-bond donors (Lipinski definition) is 0. The summed E-state index contributed by atoms with van der Waals surface area (Å²) in [6.45, 7) is 0. The third kappa shape index (κ3) is 4.33. The van der Waals surface area contributed by atoms with Gasteiger partial charge in [-0.15, -0.1) is 0 Å². The number of rotatable bonds is 4. The van der Waals surface area contributed by atoms with Gasteiger partial charge in [0.1, 0.15) is 11.2 Å². The molecule has 5 nitrogen and oxygen atoms in total. The van der Waals surface area contributed by atoms with Crippen LogP contribution in [0.25, 0.3) is 105 Å². The van der Waals surface area contributed by atoms with Gasteiger partial charge in [-0.1, -0.05) is 121 Å². The molecule has 0 bridgehead atoms. The Hall–Kier alpha value is -7.11. The average molecular weight is 665 g/mol. The fourth-order valence-corrected chi connectivity index (χ4v) is 7.88. The van der Waals surface area contributed by atoms with Crippen molar-refractivity contribution in [3.8, 4) is 39.9 Å². The van der Waals surface area contributed by atoms with Crippen LogP contribution in [-0.4, -0.2) is 19.5 Å². The average Bonchev–Trinajstić information content (AvgIpc) is 3.76. The van der Waals surface area contributed by atoms with Crippen LogP contribution in [0, 0.1) is 0 Å². The molecule has 11 rings (SSSR count). The molecular weight excluding hydrogens is 637 g/mol. The van der Waals surface area contributed by atoms with Gasteiger partial charge < -0.3 is 8.98 Å². The van der Waals surface area contributed by atoms with Crippen LogP contribution in [0.3, 0.4) is 0 Å². The van der Waals surface area contributed by atoms with Gasteiger partial charge in [-0.2, -0.15) is 0 Å². The van der Waals surface area contributed by atoms with Crippen LogP contribution >= 0.6 is 0 Å². The summed E-state index contributed by atoms with van der Waals surface area (Å²) >= 11 is 0. The Kier molecular flexibility index (Phi) is 6.18. The number of furan rings is 1. The van der Waals surface area contributed by atoms with Gasteiger partial charge in [0.2, 0.25) is 0 Å². The van der Waals surface area contributed by atoms with Gasteiger partial charge >= 0.3 is 0 Å². The molecular formula is C47H28N4O. The third-order valence-corrected chi connectivity index (χ3v) is 10.2. The standard InChI is InChI=1S/C47H28N4O/c1-2-14-32(15-3-1)51-40-22-8-6-17-34(40)39-28-31(26-27-41(39)51)45-48-46(37-20-10-13-30-25-24-29-12-4-5-16-33(29)43(30)37)50-47(49-45)38-21-11-19-36-35-18-7-9-23-42(35)52-44(36)38/h1-28H. The Morgan fingerprint density at radius 1 is 0.404 bits per heavy atom. The van der Waals surface area contributed by atoms with Gasteiger partial charge in [-0.05, 0) is 64.7 Å². The molecule has 3 aromatic heterocycles. The van der Waals surface area contributed by atoms with Crippen molar-refractivity contribution in [1.82, 2.24) is 19.5 Å². The summed E-state index contributed by atoms with van der Waals surface area (Å²) in [5.74, 6) is 1.78. The first-order valence-corrected chi connectivity index (χ1v) is 17.5. The summed E-state index contributed by atoms with van der Waals surface area (Å²) in [4.78, 5) is 15.7. The molecule has 11 aromatic rings. The van der Waals surface area contributed by atoms with Gasteiger partial charge in [0.05, 0.1) is 16.6 Å². The lowest BCUT2D eigenvalue weighted by Crippen LogP contribution is -2.01. The first kappa shape index (κ1) is 28.7. The molecule has 3 heterocycles. The maximum Gasteiger partial charge on any atom is 0.167 e. The van der Waals surface area contributed by atoms with Crippen LogP contribution in [0.5, 0.6) is 0 Å². The molecule has 0 aliphatic carbocycles. The highest BCUT2D eigenvalue weighted by Crippen LogP contribution is 2.39. The lowest BCUT2D eigenvalue weighted by molar-refractivity contribution is 0.669. The zero-order valence-electron chi connectivity index (χ0n) is 27.9. The first-order chi connectivity index (χ1) is 25.8. The second kappa shape index (κ2) is 11.2. The summed E-state index contributed by atoms with van der Waals surface area (Å²) in [6, 6.07) is 59.2. The van der Waals surface area contributed by atoms with Crippen molar-refractivity contribution in [3.63, 3.8) is 0 Å². The van der Waals surface area contributed by atoms with Gasteiger partial charge in [0, 0.05) is 43.7 Å². The quantitative estimate of drug-likeness (QED) is 0.176. The van der Waals surface area contributed by atoms with Crippen molar-refractivity contribution in [2.45, 2.75) is 0 Å². The lowest BCUT2D eigenvalue weighted by atomic mass is 9.97. The number of fused-ring (bicyclic) bond motifs is 9. The van der Waals surface area contributed by atoms with E-state index in [0.717, 1.165) is 76.9 Å². The summed E-state index contributed by atoms with van der Waals surface area (Å²) in [7, 11) is 0. The maximum atomic E-state index is 6.50. The zero-order valence-corrected chi connectivity index (χ0v) is 27.9. The van der Waals surface area contributed by atoms with Gasteiger partial charge in [-0.3, -0.25) is 0 Å². The highest BCUT2D eigenvalue weighted by Gasteiger charge is 2.20. The predicted octanol–water partition coefficient (Wildman–Crippen LogP) is 12.2. The van der Waals surface area contributed by atoms with E-state index >= 15 is 0 Å². The summed E-state index contributed by atoms with van der Waals surface area (Å²) in [5.41, 5.74) is 7.68. The van der Waals surface area contributed by atoms with Gasteiger partial charge in [-0.25, -0.2) is 15.0 Å². The van der Waals surface area contributed by atoms with Crippen LogP contribution in [0.2, 0.25) is 0 Å². The molecule has 0 radical (unpaired) electrons. The summed E-state index contributed by atoms with van der Waals surface area (Å²) in [6.07, 6.45) is 0. The molecule has 0 N–H and O–H groups in total. The van der Waals surface area contributed by atoms with Crippen LogP contribution in [-0.2, 0) is 0 Å². The highest BCUT2D eigenvalue weighted by atomic mass is 16.3. The van der Waals surface area contributed by atoms with Crippen molar-refractivity contribution in [2.75, 3.05) is 0 Å². The predicted molar refractivity (Wildman–Crippen MR) is 213 cm³/mol. The van der Waals surface area contributed by atoms with Crippen LogP contribution < -0.4 is 0 Å². The molecule has 0 unspecified atom stereocenters. The zero-order chi connectivity index (χ0) is 34.2. The molecule has 8 aromatic carbocycles. The highest BCUT2D eigenvalue weighted by molar-refractivity contribution is 6.14. The number of para-hydroxylation sites is 4. The van der Waals surface area contributed by atoms with E-state index in [9.17, 15) is 0 Å². The molecule has 52 heavy (non-hydrogen) atoms. The largest absolute Gasteiger partial charge is 0.455 e. The van der Waals surface area contributed by atoms with Gasteiger partial charge in [0.15, 0.2) is 17.5 Å². The number of benzene rings is 8. The molecule has 0 fully saturated rings. The number of hydrogen-bond acceptors (Lipinski definition) is 4. The molecule has 0 amide bonds. The van der Waals surface area contributed by atoms with Crippen LogP contribution in [0.4, 0.5) is 0 Å². The number of aromatic nitrogens is 4. The Bertz CT molecular complexity index is 3190. The van der Waals surface area contributed by atoms with Crippen molar-refractivity contribution in [3.05, 3.63) is 170 Å². The second-order valence-corrected chi connectivity index (χ2v) is 13.2. The van der Waals surface area contributed by atoms with Crippen LogP contribution in [0.15, 0.2) is 174 Å². The monoisotopic (exact) mass is 664 g/mol. The third-order valence-electron chi connectivity index (χ3n) is 10.2. The van der Waals surface area contributed by atoms with E-state index in [1.807, 2.05) is 24.3 Å². The Labute approximate surface area is 298 Å². The molecule has 0 aliphatic heterocycles. The minimum atomic E-state index is 0.564. The molecule has 0 saturated carbocycles. The van der Waals surface area contributed by atoms with E-state index in [1.54, 1.807) is 0 Å². The normalized spacial score (nSPS) is 11.8. The molecule has 242 valence electrons. The Morgan fingerprint density at radius 2 is 1.04 bits per heavy atom. The Morgan fingerprint density at radius 3 is 1.94 bits per heavy atom. The maximum absolute atomic E-state index is 6.50. The summed E-state index contributed by atoms with van der Waals surface area (Å²) in [5, 5.41) is 8.98. The smallest absolute Gasteiger partial charge is 0.167 e. The molecule has 0 saturated heterocycles. The van der Waals surface area contributed by atoms with E-state index in [2.05, 4.69) is 150 Å². The topological polar surface area (TPSA) is 56.7 Å². The van der Waals surface area contributed by atoms with E-state index in [0.29, 0.717) is 17.5 Å². The van der Waals surface area contributed by atoms with Crippen molar-refractivity contribution < 1.29 is 4.42 Å². The van der Waals surface area contributed by atoms with Crippen molar-refractivity contribution in [2.24, 2.45) is 0 Å². The fourth-order valence-electron chi connectivity index (χ4n) is 7.88. The SMILES string of the molecule is c1ccc(-n2c3ccccc3c3cc(-c4nc(-c5cccc6c5oc5ccccc56)nc(-c5cccc6ccc7ccccc7c56)n4)ccc32)cc1. The van der Waals surface area contributed by atoms with E-state index < -0.39 is 0 Å². The van der Waals surface area contributed by atoms with E-state index in [1.165, 1.54) is 10.8 Å².